The second-order valence-corrected chi connectivity index (χ2v) is 7.04. The van der Waals surface area contributed by atoms with Crippen LogP contribution in [0.3, 0.4) is 0 Å². The molecule has 0 aliphatic rings. The fraction of sp³-hybridized carbons (Fsp3) is 0.391. The standard InChI is InChI=1S/C23H32N4O3.HI/c1-4-25-23(27-15-18(3)30-21-7-5-6-17(2)14-21)26-13-12-19-8-10-20(11-9-19)29-16-22(24)28;/h5-11,14,18H,4,12-13,15-16H2,1-3H3,(H2,24,28)(H2,25,26,27);1H. The number of hydrogen-bond donors (Lipinski definition) is 3. The van der Waals surface area contributed by atoms with Gasteiger partial charge in [-0.25, -0.2) is 4.99 Å². The summed E-state index contributed by atoms with van der Waals surface area (Å²) in [6.45, 7) is 8.05. The zero-order valence-corrected chi connectivity index (χ0v) is 20.7. The summed E-state index contributed by atoms with van der Waals surface area (Å²) in [6.07, 6.45) is 0.797. The summed E-state index contributed by atoms with van der Waals surface area (Å²) in [7, 11) is 0. The van der Waals surface area contributed by atoms with Gasteiger partial charge in [0.1, 0.15) is 17.6 Å². The predicted molar refractivity (Wildman–Crippen MR) is 136 cm³/mol. The Hall–Kier alpha value is -2.49. The lowest BCUT2D eigenvalue weighted by molar-refractivity contribution is -0.119. The summed E-state index contributed by atoms with van der Waals surface area (Å²) in [4.78, 5) is 15.4. The number of ether oxygens (including phenoxy) is 2. The number of nitrogens with two attached hydrogens (primary N) is 1. The highest BCUT2D eigenvalue weighted by molar-refractivity contribution is 14.0. The molecular weight excluding hydrogens is 507 g/mol. The van der Waals surface area contributed by atoms with Gasteiger partial charge < -0.3 is 25.8 Å². The number of primary amides is 1. The third kappa shape index (κ3) is 10.9. The van der Waals surface area contributed by atoms with Crippen molar-refractivity contribution in [2.75, 3.05) is 26.2 Å². The fourth-order valence-corrected chi connectivity index (χ4v) is 2.75. The molecule has 0 bridgehead atoms. The van der Waals surface area contributed by atoms with Gasteiger partial charge >= 0.3 is 0 Å². The first-order valence-corrected chi connectivity index (χ1v) is 10.2. The lowest BCUT2D eigenvalue weighted by Gasteiger charge is -2.15. The van der Waals surface area contributed by atoms with Crippen molar-refractivity contribution in [2.45, 2.75) is 33.3 Å². The van der Waals surface area contributed by atoms with E-state index in [1.54, 1.807) is 0 Å². The Morgan fingerprint density at radius 1 is 1.13 bits per heavy atom. The van der Waals surface area contributed by atoms with Gasteiger partial charge in [0.25, 0.3) is 5.91 Å². The van der Waals surface area contributed by atoms with Crippen molar-refractivity contribution in [1.29, 1.82) is 0 Å². The number of carbonyl (C=O) groups excluding carboxylic acids is 1. The molecule has 4 N–H and O–H groups in total. The molecule has 2 rings (SSSR count). The van der Waals surface area contributed by atoms with E-state index in [4.69, 9.17) is 15.2 Å². The maximum absolute atomic E-state index is 10.8. The van der Waals surface area contributed by atoms with Gasteiger partial charge in [-0.1, -0.05) is 24.3 Å². The Labute approximate surface area is 201 Å². The molecule has 0 fully saturated rings. The number of carbonyl (C=O) groups is 1. The average Bonchev–Trinajstić information content (AvgIpc) is 2.71. The number of aryl methyl sites for hydroxylation is 1. The number of aliphatic imine (C=N–C) groups is 1. The van der Waals surface area contributed by atoms with Crippen molar-refractivity contribution in [1.82, 2.24) is 10.6 Å². The minimum absolute atomic E-state index is 0. The van der Waals surface area contributed by atoms with Crippen LogP contribution in [0, 0.1) is 6.92 Å². The van der Waals surface area contributed by atoms with E-state index in [0.29, 0.717) is 12.3 Å². The lowest BCUT2D eigenvalue weighted by atomic mass is 10.1. The Balaban J connectivity index is 0.00000480. The van der Waals surface area contributed by atoms with E-state index in [1.807, 2.05) is 69.3 Å². The molecule has 0 aliphatic heterocycles. The van der Waals surface area contributed by atoms with Crippen LogP contribution in [0.15, 0.2) is 53.5 Å². The summed E-state index contributed by atoms with van der Waals surface area (Å²) in [5, 5.41) is 6.60. The van der Waals surface area contributed by atoms with Crippen molar-refractivity contribution in [2.24, 2.45) is 10.7 Å². The molecule has 0 heterocycles. The van der Waals surface area contributed by atoms with Gasteiger partial charge in [0.2, 0.25) is 0 Å². The Kier molecular flexibility index (Phi) is 12.4. The first kappa shape index (κ1) is 26.5. The van der Waals surface area contributed by atoms with Crippen molar-refractivity contribution in [3.63, 3.8) is 0 Å². The second kappa shape index (κ2) is 14.5. The highest BCUT2D eigenvalue weighted by Crippen LogP contribution is 2.14. The lowest BCUT2D eigenvalue weighted by Crippen LogP contribution is -2.39. The molecule has 7 nitrogen and oxygen atoms in total. The third-order valence-corrected chi connectivity index (χ3v) is 4.19. The van der Waals surface area contributed by atoms with Crippen LogP contribution in [-0.2, 0) is 11.2 Å². The highest BCUT2D eigenvalue weighted by atomic mass is 127. The Morgan fingerprint density at radius 3 is 2.52 bits per heavy atom. The van der Waals surface area contributed by atoms with Crippen molar-refractivity contribution >= 4 is 35.8 Å². The Morgan fingerprint density at radius 2 is 1.87 bits per heavy atom. The van der Waals surface area contributed by atoms with Crippen LogP contribution in [0.5, 0.6) is 11.5 Å². The zero-order valence-electron chi connectivity index (χ0n) is 18.4. The summed E-state index contributed by atoms with van der Waals surface area (Å²) in [6, 6.07) is 15.6. The summed E-state index contributed by atoms with van der Waals surface area (Å²) < 4.78 is 11.2. The monoisotopic (exact) mass is 540 g/mol. The Bertz CT molecular complexity index is 828. The molecule has 0 saturated heterocycles. The topological polar surface area (TPSA) is 98.0 Å². The summed E-state index contributed by atoms with van der Waals surface area (Å²) in [5.41, 5.74) is 7.40. The van der Waals surface area contributed by atoms with Crippen LogP contribution >= 0.6 is 24.0 Å². The van der Waals surface area contributed by atoms with Crippen LogP contribution in [0.2, 0.25) is 0 Å². The van der Waals surface area contributed by atoms with Gasteiger partial charge in [0, 0.05) is 13.1 Å². The van der Waals surface area contributed by atoms with Crippen LogP contribution in [0.25, 0.3) is 0 Å². The van der Waals surface area contributed by atoms with E-state index < -0.39 is 5.91 Å². The maximum Gasteiger partial charge on any atom is 0.255 e. The molecular formula is C23H33IN4O3. The van der Waals surface area contributed by atoms with Gasteiger partial charge in [-0.15, -0.1) is 24.0 Å². The average molecular weight is 540 g/mol. The molecule has 0 saturated carbocycles. The van der Waals surface area contributed by atoms with Crippen molar-refractivity contribution in [3.8, 4) is 11.5 Å². The minimum atomic E-state index is -0.489. The first-order chi connectivity index (χ1) is 14.5. The molecule has 0 aliphatic carbocycles. The molecule has 1 atom stereocenters. The molecule has 0 spiro atoms. The molecule has 8 heteroatoms. The fourth-order valence-electron chi connectivity index (χ4n) is 2.75. The quantitative estimate of drug-likeness (QED) is 0.231. The van der Waals surface area contributed by atoms with Gasteiger partial charge in [0.15, 0.2) is 12.6 Å². The van der Waals surface area contributed by atoms with E-state index in [-0.39, 0.29) is 36.7 Å². The van der Waals surface area contributed by atoms with E-state index in [0.717, 1.165) is 36.8 Å². The van der Waals surface area contributed by atoms with Gasteiger partial charge in [-0.05, 0) is 62.6 Å². The number of rotatable bonds is 11. The third-order valence-electron chi connectivity index (χ3n) is 4.19. The predicted octanol–water partition coefficient (Wildman–Crippen LogP) is 3.04. The highest BCUT2D eigenvalue weighted by Gasteiger charge is 2.05. The molecule has 1 amide bonds. The van der Waals surface area contributed by atoms with E-state index in [2.05, 4.69) is 15.6 Å². The molecule has 1 unspecified atom stereocenters. The number of nitrogens with one attached hydrogen (secondary N) is 2. The molecule has 0 aromatic heterocycles. The number of nitrogens with zero attached hydrogens (tertiary/aromatic N) is 1. The van der Waals surface area contributed by atoms with Crippen LogP contribution in [0.4, 0.5) is 0 Å². The maximum atomic E-state index is 10.8. The number of halogens is 1. The number of guanidine groups is 1. The van der Waals surface area contributed by atoms with E-state index >= 15 is 0 Å². The van der Waals surface area contributed by atoms with Gasteiger partial charge in [0.05, 0.1) is 6.54 Å². The second-order valence-electron chi connectivity index (χ2n) is 7.04. The van der Waals surface area contributed by atoms with Gasteiger partial charge in [-0.3, -0.25) is 4.79 Å². The van der Waals surface area contributed by atoms with Crippen LogP contribution in [0.1, 0.15) is 25.0 Å². The first-order valence-electron chi connectivity index (χ1n) is 10.2. The number of amides is 1. The van der Waals surface area contributed by atoms with E-state index in [1.165, 1.54) is 5.56 Å². The normalized spacial score (nSPS) is 11.8. The molecule has 2 aromatic carbocycles. The smallest absolute Gasteiger partial charge is 0.255 e. The molecule has 31 heavy (non-hydrogen) atoms. The van der Waals surface area contributed by atoms with Crippen LogP contribution in [-0.4, -0.2) is 44.2 Å². The molecule has 0 radical (unpaired) electrons. The van der Waals surface area contributed by atoms with Crippen molar-refractivity contribution < 1.29 is 14.3 Å². The molecule has 2 aromatic rings. The summed E-state index contributed by atoms with van der Waals surface area (Å²) >= 11 is 0. The van der Waals surface area contributed by atoms with Crippen LogP contribution < -0.4 is 25.8 Å². The van der Waals surface area contributed by atoms with Gasteiger partial charge in [-0.2, -0.15) is 0 Å². The number of benzene rings is 2. The SMILES string of the molecule is CCNC(=NCC(C)Oc1cccc(C)c1)NCCc1ccc(OCC(N)=O)cc1.I. The largest absolute Gasteiger partial charge is 0.489 e. The number of hydrogen-bond acceptors (Lipinski definition) is 4. The molecule has 170 valence electrons. The zero-order chi connectivity index (χ0) is 21.8. The van der Waals surface area contributed by atoms with Crippen molar-refractivity contribution in [3.05, 3.63) is 59.7 Å². The summed E-state index contributed by atoms with van der Waals surface area (Å²) in [5.74, 6) is 1.76. The minimum Gasteiger partial charge on any atom is -0.489 e. The van der Waals surface area contributed by atoms with E-state index in [9.17, 15) is 4.79 Å².